The second kappa shape index (κ2) is 6.85. The first-order valence-electron chi connectivity index (χ1n) is 3.76. The van der Waals surface area contributed by atoms with Crippen molar-refractivity contribution in [1.29, 1.82) is 0 Å². The summed E-state index contributed by atoms with van der Waals surface area (Å²) in [4.78, 5) is 0. The number of benzene rings is 1. The predicted octanol–water partition coefficient (Wildman–Crippen LogP) is 3.28. The Morgan fingerprint density at radius 1 is 1.25 bits per heavy atom. The summed E-state index contributed by atoms with van der Waals surface area (Å²) in [7, 11) is 0. The smallest absolute Gasteiger partial charge is 0.0733 e. The molecule has 0 atom stereocenters. The van der Waals surface area contributed by atoms with Crippen LogP contribution in [0.1, 0.15) is 19.4 Å². The van der Waals surface area contributed by atoms with Gasteiger partial charge in [-0.15, -0.1) is 0 Å². The first-order valence-corrected chi connectivity index (χ1v) is 4.55. The van der Waals surface area contributed by atoms with Gasteiger partial charge in [-0.1, -0.05) is 47.1 Å². The van der Waals surface area contributed by atoms with E-state index in [1.165, 1.54) is 6.21 Å². The summed E-state index contributed by atoms with van der Waals surface area (Å²) >= 11 is 3.29. The molecule has 1 aromatic rings. The highest BCUT2D eigenvalue weighted by Gasteiger charge is 1.86. The molecular weight excluding hydrogens is 218 g/mol. The van der Waals surface area contributed by atoms with Crippen LogP contribution in [0.2, 0.25) is 0 Å². The van der Waals surface area contributed by atoms with Crippen molar-refractivity contribution in [1.82, 2.24) is 0 Å². The number of nitrogens with zero attached hydrogens (tertiary/aromatic N) is 1. The highest BCUT2D eigenvalue weighted by Crippen LogP contribution is 2.08. The van der Waals surface area contributed by atoms with Crippen molar-refractivity contribution in [3.8, 4) is 0 Å². The Labute approximate surface area is 81.0 Å². The molecule has 0 spiro atoms. The van der Waals surface area contributed by atoms with E-state index in [2.05, 4.69) is 21.1 Å². The van der Waals surface area contributed by atoms with Gasteiger partial charge in [0, 0.05) is 4.47 Å². The molecule has 0 radical (unpaired) electrons. The third-order valence-electron chi connectivity index (χ3n) is 1.08. The molecule has 2 nitrogen and oxygen atoms in total. The van der Waals surface area contributed by atoms with Crippen molar-refractivity contribution < 1.29 is 5.21 Å². The van der Waals surface area contributed by atoms with Crippen LogP contribution in [0.4, 0.5) is 0 Å². The number of hydrogen-bond acceptors (Lipinski definition) is 2. The van der Waals surface area contributed by atoms with Crippen molar-refractivity contribution in [2.24, 2.45) is 5.16 Å². The number of hydrogen-bond donors (Lipinski definition) is 1. The molecule has 0 amide bonds. The van der Waals surface area contributed by atoms with E-state index in [0.29, 0.717) is 0 Å². The first-order chi connectivity index (χ1) is 5.83. The topological polar surface area (TPSA) is 32.6 Å². The van der Waals surface area contributed by atoms with E-state index in [1.54, 1.807) is 0 Å². The molecule has 0 unspecified atom stereocenters. The van der Waals surface area contributed by atoms with Gasteiger partial charge in [-0.05, 0) is 17.7 Å². The average Bonchev–Trinajstić information content (AvgIpc) is 2.13. The van der Waals surface area contributed by atoms with Crippen LogP contribution in [0.5, 0.6) is 0 Å². The van der Waals surface area contributed by atoms with Gasteiger partial charge in [-0.2, -0.15) is 0 Å². The third kappa shape index (κ3) is 4.13. The Morgan fingerprint density at radius 3 is 2.17 bits per heavy atom. The van der Waals surface area contributed by atoms with Crippen LogP contribution < -0.4 is 0 Å². The molecule has 0 bridgehead atoms. The lowest BCUT2D eigenvalue weighted by Crippen LogP contribution is -1.77. The lowest BCUT2D eigenvalue weighted by atomic mass is 10.2. The van der Waals surface area contributed by atoms with Crippen molar-refractivity contribution >= 4 is 22.1 Å². The minimum absolute atomic E-state index is 0.880. The van der Waals surface area contributed by atoms with E-state index in [0.717, 1.165) is 10.0 Å². The van der Waals surface area contributed by atoms with Gasteiger partial charge in [-0.25, -0.2) is 0 Å². The van der Waals surface area contributed by atoms with Gasteiger partial charge in [0.05, 0.1) is 6.21 Å². The van der Waals surface area contributed by atoms with Crippen LogP contribution in [-0.2, 0) is 0 Å². The first kappa shape index (κ1) is 11.2. The third-order valence-corrected chi connectivity index (χ3v) is 1.61. The van der Waals surface area contributed by atoms with Crippen molar-refractivity contribution in [3.05, 3.63) is 34.3 Å². The molecule has 0 heterocycles. The van der Waals surface area contributed by atoms with Crippen molar-refractivity contribution in [2.45, 2.75) is 13.8 Å². The van der Waals surface area contributed by atoms with E-state index >= 15 is 0 Å². The molecule has 0 saturated heterocycles. The fourth-order valence-corrected chi connectivity index (χ4v) is 0.880. The fraction of sp³-hybridized carbons (Fsp3) is 0.222. The summed E-state index contributed by atoms with van der Waals surface area (Å²) in [5.74, 6) is 0. The van der Waals surface area contributed by atoms with Crippen LogP contribution in [0.15, 0.2) is 33.9 Å². The predicted molar refractivity (Wildman–Crippen MR) is 54.9 cm³/mol. The lowest BCUT2D eigenvalue weighted by molar-refractivity contribution is 0.322. The summed E-state index contributed by atoms with van der Waals surface area (Å²) in [6, 6.07) is 7.47. The molecule has 1 rings (SSSR count). The van der Waals surface area contributed by atoms with E-state index in [1.807, 2.05) is 38.1 Å². The quantitative estimate of drug-likeness (QED) is 0.448. The molecule has 1 aromatic carbocycles. The zero-order valence-corrected chi connectivity index (χ0v) is 8.75. The maximum atomic E-state index is 8.15. The minimum Gasteiger partial charge on any atom is -0.411 e. The van der Waals surface area contributed by atoms with E-state index < -0.39 is 0 Å². The van der Waals surface area contributed by atoms with Gasteiger partial charge >= 0.3 is 0 Å². The molecule has 12 heavy (non-hydrogen) atoms. The molecule has 1 N–H and O–H groups in total. The Hall–Kier alpha value is -0.830. The fourth-order valence-electron chi connectivity index (χ4n) is 0.616. The molecule has 3 heteroatoms. The standard InChI is InChI=1S/C7H6BrNO.C2H6/c8-7-3-1-6(2-4-7)5-9-10;1-2/h1-5,10H;1-2H3/b9-5+;. The van der Waals surface area contributed by atoms with Crippen LogP contribution >= 0.6 is 15.9 Å². The van der Waals surface area contributed by atoms with E-state index in [-0.39, 0.29) is 0 Å². The molecule has 0 saturated carbocycles. The maximum absolute atomic E-state index is 8.15. The molecule has 0 aromatic heterocycles. The Morgan fingerprint density at radius 2 is 1.75 bits per heavy atom. The van der Waals surface area contributed by atoms with Gasteiger partial charge in [-0.3, -0.25) is 0 Å². The van der Waals surface area contributed by atoms with Crippen molar-refractivity contribution in [3.63, 3.8) is 0 Å². The van der Waals surface area contributed by atoms with Gasteiger partial charge in [0.25, 0.3) is 0 Å². The van der Waals surface area contributed by atoms with Crippen LogP contribution in [0.3, 0.4) is 0 Å². The summed E-state index contributed by atoms with van der Waals surface area (Å²) in [6.07, 6.45) is 1.38. The zero-order chi connectivity index (χ0) is 9.40. The summed E-state index contributed by atoms with van der Waals surface area (Å²) in [6.45, 7) is 4.00. The maximum Gasteiger partial charge on any atom is 0.0733 e. The molecule has 0 aliphatic heterocycles. The van der Waals surface area contributed by atoms with E-state index in [4.69, 9.17) is 5.21 Å². The second-order valence-electron chi connectivity index (χ2n) is 1.80. The molecule has 0 aliphatic carbocycles. The number of oxime groups is 1. The van der Waals surface area contributed by atoms with Gasteiger partial charge < -0.3 is 5.21 Å². The summed E-state index contributed by atoms with van der Waals surface area (Å²) < 4.78 is 1.02. The van der Waals surface area contributed by atoms with Crippen LogP contribution in [0, 0.1) is 0 Å². The van der Waals surface area contributed by atoms with Gasteiger partial charge in [0.15, 0.2) is 0 Å². The van der Waals surface area contributed by atoms with Crippen LogP contribution in [-0.4, -0.2) is 11.4 Å². The number of halogens is 1. The van der Waals surface area contributed by atoms with E-state index in [9.17, 15) is 0 Å². The monoisotopic (exact) mass is 229 g/mol. The van der Waals surface area contributed by atoms with Crippen molar-refractivity contribution in [2.75, 3.05) is 0 Å². The Bertz CT molecular complexity index is 231. The Kier molecular flexibility index (Phi) is 6.38. The highest BCUT2D eigenvalue weighted by atomic mass is 79.9. The summed E-state index contributed by atoms with van der Waals surface area (Å²) in [5.41, 5.74) is 0.880. The van der Waals surface area contributed by atoms with Crippen LogP contribution in [0.25, 0.3) is 0 Å². The number of rotatable bonds is 1. The molecule has 66 valence electrons. The average molecular weight is 230 g/mol. The molecular formula is C9H12BrNO. The minimum atomic E-state index is 0.880. The normalized spacial score (nSPS) is 9.25. The SMILES string of the molecule is CC.O/N=C/c1ccc(Br)cc1. The molecule has 0 fully saturated rings. The lowest BCUT2D eigenvalue weighted by Gasteiger charge is -1.89. The largest absolute Gasteiger partial charge is 0.411 e. The molecule has 0 aliphatic rings. The second-order valence-corrected chi connectivity index (χ2v) is 2.71. The highest BCUT2D eigenvalue weighted by molar-refractivity contribution is 9.10. The van der Waals surface area contributed by atoms with Gasteiger partial charge in [0.2, 0.25) is 0 Å². The summed E-state index contributed by atoms with van der Waals surface area (Å²) in [5, 5.41) is 11.0. The zero-order valence-electron chi connectivity index (χ0n) is 7.16. The van der Waals surface area contributed by atoms with Gasteiger partial charge in [0.1, 0.15) is 0 Å². The Balaban J connectivity index is 0.000000561.